The van der Waals surface area contributed by atoms with Crippen molar-refractivity contribution in [2.75, 3.05) is 6.54 Å². The molecule has 0 aliphatic carbocycles. The van der Waals surface area contributed by atoms with Gasteiger partial charge in [0.1, 0.15) is 20.1 Å². The Balaban J connectivity index is 2.42. The zero-order chi connectivity index (χ0) is 27.0. The van der Waals surface area contributed by atoms with Gasteiger partial charge in [-0.15, -0.1) is 11.3 Å². The Kier molecular flexibility index (Phi) is 9.16. The van der Waals surface area contributed by atoms with Crippen molar-refractivity contribution in [3.05, 3.63) is 11.6 Å². The van der Waals surface area contributed by atoms with Gasteiger partial charge in [0.05, 0.1) is 10.8 Å². The molecule has 200 valence electrons. The number of fused-ring (bicyclic) bond motifs is 1. The van der Waals surface area contributed by atoms with E-state index in [2.05, 4.69) is 10.0 Å². The number of ether oxygens (including phenoxy) is 1. The van der Waals surface area contributed by atoms with Crippen molar-refractivity contribution in [2.45, 2.75) is 112 Å². The van der Waals surface area contributed by atoms with Gasteiger partial charge in [-0.3, -0.25) is 9.59 Å². The first kappa shape index (κ1) is 30.0. The van der Waals surface area contributed by atoms with E-state index < -0.39 is 48.1 Å². The largest absolute Gasteiger partial charge is 0.357 e. The van der Waals surface area contributed by atoms with Gasteiger partial charge in [0.2, 0.25) is 0 Å². The lowest BCUT2D eigenvalue weighted by atomic mass is 9.90. The Hall–Kier alpha value is -1.18. The fourth-order valence-corrected chi connectivity index (χ4v) is 9.57. The van der Waals surface area contributed by atoms with Crippen LogP contribution in [0.2, 0.25) is 0 Å². The smallest absolute Gasteiger partial charge is 0.251 e. The zero-order valence-corrected chi connectivity index (χ0v) is 24.2. The summed E-state index contributed by atoms with van der Waals surface area (Å²) >= 11 is 0.706. The highest BCUT2D eigenvalue weighted by Crippen LogP contribution is 2.43. The molecule has 12 heteroatoms. The molecule has 0 aromatic carbocycles. The average Bonchev–Trinajstić information content (AvgIpc) is 3.24. The summed E-state index contributed by atoms with van der Waals surface area (Å²) in [6.07, 6.45) is -0.219. The molecule has 1 aromatic heterocycles. The number of carbonyl (C=O) groups excluding carboxylic acids is 2. The van der Waals surface area contributed by atoms with E-state index in [1.165, 1.54) is 26.8 Å². The number of Topliss-reactive ketones (excluding diaryl/α,β-unsaturated/α-hetero) is 2. The Labute approximate surface area is 213 Å². The van der Waals surface area contributed by atoms with Crippen LogP contribution in [0.5, 0.6) is 0 Å². The monoisotopic (exact) mass is 550 g/mol. The number of thiophene rings is 1. The summed E-state index contributed by atoms with van der Waals surface area (Å²) in [6, 6.07) is 1.11. The number of hydrogen-bond donors (Lipinski definition) is 2. The first-order valence-electron chi connectivity index (χ1n) is 11.9. The maximum atomic E-state index is 13.4. The standard InChI is InChI=1S/C23H38N2O7S3/c1-9-22(7,20(27)15(5)32-23(8,10-2)16(6)26)25-35(30,31)19-13-17-18(24-11-3)12-14(4)34(28,29)21(17)33-19/h13-15,18,24-25H,9-12H2,1-8H3/t14-,15?,18-,22?,23?/m0/s1. The molecule has 2 heterocycles. The van der Waals surface area contributed by atoms with Crippen molar-refractivity contribution in [3.8, 4) is 0 Å². The van der Waals surface area contributed by atoms with Gasteiger partial charge in [-0.05, 0) is 66.5 Å². The van der Waals surface area contributed by atoms with Crippen molar-refractivity contribution in [2.24, 2.45) is 0 Å². The molecular formula is C23H38N2O7S3. The highest BCUT2D eigenvalue weighted by atomic mass is 32.3. The maximum absolute atomic E-state index is 13.4. The van der Waals surface area contributed by atoms with Crippen molar-refractivity contribution in [1.82, 2.24) is 10.0 Å². The molecule has 1 aliphatic heterocycles. The van der Waals surface area contributed by atoms with Crippen LogP contribution in [0, 0.1) is 0 Å². The minimum Gasteiger partial charge on any atom is -0.357 e. The number of sulfone groups is 1. The van der Waals surface area contributed by atoms with E-state index in [-0.39, 0.29) is 26.7 Å². The molecule has 3 unspecified atom stereocenters. The lowest BCUT2D eigenvalue weighted by Crippen LogP contribution is -2.56. The van der Waals surface area contributed by atoms with E-state index in [0.717, 1.165) is 0 Å². The Bertz CT molecular complexity index is 1180. The molecule has 5 atom stereocenters. The van der Waals surface area contributed by atoms with E-state index in [1.54, 1.807) is 27.7 Å². The van der Waals surface area contributed by atoms with E-state index >= 15 is 0 Å². The van der Waals surface area contributed by atoms with Crippen LogP contribution in [-0.4, -0.2) is 57.4 Å². The number of rotatable bonds is 12. The second-order valence-electron chi connectivity index (χ2n) is 9.57. The van der Waals surface area contributed by atoms with E-state index in [0.29, 0.717) is 36.3 Å². The molecular weight excluding hydrogens is 512 g/mol. The lowest BCUT2D eigenvalue weighted by Gasteiger charge is -2.34. The van der Waals surface area contributed by atoms with Gasteiger partial charge in [0, 0.05) is 11.6 Å². The number of nitrogens with one attached hydrogen (secondary N) is 2. The highest BCUT2D eigenvalue weighted by molar-refractivity contribution is 7.95. The summed E-state index contributed by atoms with van der Waals surface area (Å²) in [5.74, 6) is -0.745. The quantitative estimate of drug-likeness (QED) is 0.405. The topological polar surface area (TPSA) is 136 Å². The van der Waals surface area contributed by atoms with E-state index in [1.807, 2.05) is 6.92 Å². The van der Waals surface area contributed by atoms with Crippen LogP contribution in [0.1, 0.15) is 86.3 Å². The van der Waals surface area contributed by atoms with Crippen LogP contribution in [-0.2, 0) is 34.2 Å². The lowest BCUT2D eigenvalue weighted by molar-refractivity contribution is -0.158. The molecule has 0 saturated carbocycles. The van der Waals surface area contributed by atoms with Gasteiger partial charge < -0.3 is 10.1 Å². The van der Waals surface area contributed by atoms with Crippen LogP contribution in [0.4, 0.5) is 0 Å². The van der Waals surface area contributed by atoms with Gasteiger partial charge in [-0.2, -0.15) is 4.72 Å². The minimum atomic E-state index is -4.24. The van der Waals surface area contributed by atoms with Crippen LogP contribution in [0.25, 0.3) is 0 Å². The zero-order valence-electron chi connectivity index (χ0n) is 21.7. The molecule has 1 aliphatic rings. The summed E-state index contributed by atoms with van der Waals surface area (Å²) in [6.45, 7) is 13.5. The van der Waals surface area contributed by atoms with E-state index in [9.17, 15) is 26.4 Å². The maximum Gasteiger partial charge on any atom is 0.251 e. The Morgan fingerprint density at radius 2 is 1.83 bits per heavy atom. The molecule has 0 spiro atoms. The molecule has 0 saturated heterocycles. The van der Waals surface area contributed by atoms with Crippen LogP contribution in [0.15, 0.2) is 14.5 Å². The molecule has 2 rings (SSSR count). The third kappa shape index (κ3) is 5.88. The second kappa shape index (κ2) is 10.7. The van der Waals surface area contributed by atoms with Crippen LogP contribution >= 0.6 is 11.3 Å². The van der Waals surface area contributed by atoms with Crippen molar-refractivity contribution >= 4 is 42.8 Å². The SMILES string of the molecule is CCN[C@H]1C[C@H](C)S(=O)(=O)c2sc(S(=O)(=O)NC(C)(CC)C(=O)C(C)OC(C)(CC)C(C)=O)cc21. The van der Waals surface area contributed by atoms with Crippen molar-refractivity contribution in [3.63, 3.8) is 0 Å². The molecule has 9 nitrogen and oxygen atoms in total. The Morgan fingerprint density at radius 3 is 2.31 bits per heavy atom. The number of hydrogen-bond acceptors (Lipinski definition) is 9. The molecule has 0 radical (unpaired) electrons. The molecule has 35 heavy (non-hydrogen) atoms. The third-order valence-electron chi connectivity index (χ3n) is 6.98. The number of ketones is 2. The van der Waals surface area contributed by atoms with Gasteiger partial charge in [0.15, 0.2) is 21.4 Å². The molecule has 2 N–H and O–H groups in total. The predicted octanol–water partition coefficient (Wildman–Crippen LogP) is 3.14. The van der Waals surface area contributed by atoms with Gasteiger partial charge in [0.25, 0.3) is 10.0 Å². The van der Waals surface area contributed by atoms with Crippen LogP contribution < -0.4 is 10.0 Å². The van der Waals surface area contributed by atoms with Gasteiger partial charge >= 0.3 is 0 Å². The second-order valence-corrected chi connectivity index (χ2v) is 15.1. The summed E-state index contributed by atoms with van der Waals surface area (Å²) in [5, 5.41) is 2.59. The molecule has 0 bridgehead atoms. The van der Waals surface area contributed by atoms with Gasteiger partial charge in [-0.25, -0.2) is 16.8 Å². The highest BCUT2D eigenvalue weighted by Gasteiger charge is 2.44. The average molecular weight is 551 g/mol. The Morgan fingerprint density at radius 1 is 1.23 bits per heavy atom. The summed E-state index contributed by atoms with van der Waals surface area (Å²) in [5.41, 5.74) is -2.25. The van der Waals surface area contributed by atoms with E-state index in [4.69, 9.17) is 4.74 Å². The first-order chi connectivity index (χ1) is 16.0. The predicted molar refractivity (Wildman–Crippen MR) is 136 cm³/mol. The summed E-state index contributed by atoms with van der Waals surface area (Å²) < 4.78 is 60.8. The van der Waals surface area contributed by atoms with Crippen molar-refractivity contribution in [1.29, 1.82) is 0 Å². The summed E-state index contributed by atoms with van der Waals surface area (Å²) in [4.78, 5) is 25.4. The van der Waals surface area contributed by atoms with Crippen LogP contribution in [0.3, 0.4) is 0 Å². The fourth-order valence-electron chi connectivity index (χ4n) is 4.12. The van der Waals surface area contributed by atoms with Crippen molar-refractivity contribution < 1.29 is 31.2 Å². The number of carbonyl (C=O) groups is 2. The van der Waals surface area contributed by atoms with Gasteiger partial charge in [-0.1, -0.05) is 20.8 Å². The molecule has 0 amide bonds. The fraction of sp³-hybridized carbons (Fsp3) is 0.739. The first-order valence-corrected chi connectivity index (χ1v) is 15.7. The summed E-state index contributed by atoms with van der Waals surface area (Å²) in [7, 11) is -7.90. The minimum absolute atomic E-state index is 0.0453. The third-order valence-corrected chi connectivity index (χ3v) is 13.0. The normalized spacial score (nSPS) is 24.1. The molecule has 1 aromatic rings. The number of sulfonamides is 1. The molecule has 0 fully saturated rings.